The molecule has 1 aromatic carbocycles. The van der Waals surface area contributed by atoms with Gasteiger partial charge in [0.15, 0.2) is 0 Å². The Morgan fingerprint density at radius 2 is 1.86 bits per heavy atom. The standard InChI is InChI=1S/C16H21N3O2/c1-18-14(20)9-19(10-15(18)21)13-5-2-4-12(8-13)16(11-17)6-3-7-16/h2,4-5,8H,3,6-7,9-11,17H2,1H3. The number of imide groups is 1. The molecule has 1 aliphatic carbocycles. The average molecular weight is 287 g/mol. The van der Waals surface area contributed by atoms with Gasteiger partial charge in [-0.25, -0.2) is 0 Å². The number of amides is 2. The van der Waals surface area contributed by atoms with Gasteiger partial charge in [-0.1, -0.05) is 18.6 Å². The quantitative estimate of drug-likeness (QED) is 0.838. The molecule has 2 N–H and O–H groups in total. The van der Waals surface area contributed by atoms with Gasteiger partial charge in [-0.05, 0) is 30.5 Å². The normalized spacial score (nSPS) is 21.4. The molecule has 1 aliphatic heterocycles. The molecule has 21 heavy (non-hydrogen) atoms. The van der Waals surface area contributed by atoms with E-state index in [0.29, 0.717) is 6.54 Å². The van der Waals surface area contributed by atoms with Crippen LogP contribution in [0.4, 0.5) is 5.69 Å². The third-order valence-corrected chi connectivity index (χ3v) is 4.93. The van der Waals surface area contributed by atoms with Crippen molar-refractivity contribution in [2.75, 3.05) is 31.6 Å². The van der Waals surface area contributed by atoms with Gasteiger partial charge in [0.2, 0.25) is 11.8 Å². The van der Waals surface area contributed by atoms with Crippen LogP contribution in [0, 0.1) is 0 Å². The summed E-state index contributed by atoms with van der Waals surface area (Å²) in [6.07, 6.45) is 3.45. The van der Waals surface area contributed by atoms with E-state index >= 15 is 0 Å². The van der Waals surface area contributed by atoms with Gasteiger partial charge in [-0.15, -0.1) is 0 Å². The minimum Gasteiger partial charge on any atom is -0.353 e. The van der Waals surface area contributed by atoms with E-state index in [1.807, 2.05) is 17.0 Å². The number of nitrogens with two attached hydrogens (primary N) is 1. The van der Waals surface area contributed by atoms with Crippen molar-refractivity contribution in [3.8, 4) is 0 Å². The second-order valence-corrected chi connectivity index (χ2v) is 6.09. The Morgan fingerprint density at radius 3 is 2.38 bits per heavy atom. The van der Waals surface area contributed by atoms with E-state index in [1.165, 1.54) is 23.9 Å². The van der Waals surface area contributed by atoms with Crippen LogP contribution in [0.15, 0.2) is 24.3 Å². The highest BCUT2D eigenvalue weighted by Crippen LogP contribution is 2.43. The van der Waals surface area contributed by atoms with E-state index in [9.17, 15) is 9.59 Å². The lowest BCUT2D eigenvalue weighted by atomic mass is 9.64. The number of likely N-dealkylation sites (N-methyl/N-ethyl adjacent to an activating group) is 1. The van der Waals surface area contributed by atoms with Crippen LogP contribution in [0.3, 0.4) is 0 Å². The molecule has 0 atom stereocenters. The van der Waals surface area contributed by atoms with Crippen LogP contribution in [0.2, 0.25) is 0 Å². The number of rotatable bonds is 3. The van der Waals surface area contributed by atoms with Gasteiger partial charge in [0.05, 0.1) is 13.1 Å². The van der Waals surface area contributed by atoms with Crippen molar-refractivity contribution in [2.24, 2.45) is 5.73 Å². The first kappa shape index (κ1) is 14.1. The fraction of sp³-hybridized carbons (Fsp3) is 0.500. The van der Waals surface area contributed by atoms with Crippen molar-refractivity contribution in [1.29, 1.82) is 0 Å². The third kappa shape index (κ3) is 2.31. The van der Waals surface area contributed by atoms with E-state index in [0.717, 1.165) is 18.5 Å². The molecule has 2 fully saturated rings. The number of piperazine rings is 1. The average Bonchev–Trinajstić information content (AvgIpc) is 2.44. The molecule has 2 amide bonds. The van der Waals surface area contributed by atoms with E-state index < -0.39 is 0 Å². The first-order valence-electron chi connectivity index (χ1n) is 7.41. The molecular weight excluding hydrogens is 266 g/mol. The Kier molecular flexibility index (Phi) is 3.45. The topological polar surface area (TPSA) is 66.6 Å². The number of nitrogens with zero attached hydrogens (tertiary/aromatic N) is 2. The molecule has 3 rings (SSSR count). The molecule has 1 saturated heterocycles. The zero-order valence-corrected chi connectivity index (χ0v) is 12.3. The summed E-state index contributed by atoms with van der Waals surface area (Å²) < 4.78 is 0. The molecule has 0 bridgehead atoms. The van der Waals surface area contributed by atoms with E-state index in [-0.39, 0.29) is 30.3 Å². The van der Waals surface area contributed by atoms with Gasteiger partial charge in [0.1, 0.15) is 0 Å². The maximum atomic E-state index is 11.8. The molecular formula is C16H21N3O2. The summed E-state index contributed by atoms with van der Waals surface area (Å²) in [5.74, 6) is -0.317. The molecule has 1 saturated carbocycles. The first-order chi connectivity index (χ1) is 10.1. The summed E-state index contributed by atoms with van der Waals surface area (Å²) in [6, 6.07) is 8.15. The van der Waals surface area contributed by atoms with Crippen molar-refractivity contribution >= 4 is 17.5 Å². The van der Waals surface area contributed by atoms with E-state index in [4.69, 9.17) is 5.73 Å². The Hall–Kier alpha value is -1.88. The van der Waals surface area contributed by atoms with Crippen molar-refractivity contribution < 1.29 is 9.59 Å². The molecule has 0 spiro atoms. The first-order valence-corrected chi connectivity index (χ1v) is 7.41. The summed E-state index contributed by atoms with van der Waals surface area (Å²) in [5, 5.41) is 0. The Morgan fingerprint density at radius 1 is 1.19 bits per heavy atom. The van der Waals surface area contributed by atoms with E-state index in [1.54, 1.807) is 0 Å². The smallest absolute Gasteiger partial charge is 0.248 e. The van der Waals surface area contributed by atoms with E-state index in [2.05, 4.69) is 12.1 Å². The Labute approximate surface area is 124 Å². The molecule has 1 aromatic rings. The number of carbonyl (C=O) groups excluding carboxylic acids is 2. The van der Waals surface area contributed by atoms with Crippen molar-refractivity contribution in [2.45, 2.75) is 24.7 Å². The lowest BCUT2D eigenvalue weighted by Crippen LogP contribution is -2.52. The SMILES string of the molecule is CN1C(=O)CN(c2cccc(C3(CN)CCC3)c2)CC1=O. The van der Waals surface area contributed by atoms with Crippen LogP contribution in [0.5, 0.6) is 0 Å². The highest BCUT2D eigenvalue weighted by atomic mass is 16.2. The molecule has 0 aromatic heterocycles. The Balaban J connectivity index is 1.87. The lowest BCUT2D eigenvalue weighted by molar-refractivity contribution is -0.143. The Bertz CT molecular complexity index is 557. The number of benzene rings is 1. The van der Waals surface area contributed by atoms with Crippen LogP contribution in [-0.2, 0) is 15.0 Å². The van der Waals surface area contributed by atoms with Crippen molar-refractivity contribution in [3.05, 3.63) is 29.8 Å². The van der Waals surface area contributed by atoms with Gasteiger partial charge >= 0.3 is 0 Å². The second kappa shape index (κ2) is 5.15. The minimum absolute atomic E-state index is 0.0939. The molecule has 0 radical (unpaired) electrons. The minimum atomic E-state index is -0.158. The third-order valence-electron chi connectivity index (χ3n) is 4.93. The van der Waals surface area contributed by atoms with Crippen LogP contribution < -0.4 is 10.6 Å². The van der Waals surface area contributed by atoms with Crippen molar-refractivity contribution in [3.63, 3.8) is 0 Å². The maximum Gasteiger partial charge on any atom is 0.248 e. The van der Waals surface area contributed by atoms with Gasteiger partial charge < -0.3 is 10.6 Å². The fourth-order valence-electron chi connectivity index (χ4n) is 3.16. The second-order valence-electron chi connectivity index (χ2n) is 6.09. The number of carbonyl (C=O) groups is 2. The lowest BCUT2D eigenvalue weighted by Gasteiger charge is -2.42. The molecule has 0 unspecified atom stereocenters. The van der Waals surface area contributed by atoms with Crippen LogP contribution >= 0.6 is 0 Å². The van der Waals surface area contributed by atoms with Gasteiger partial charge in [0.25, 0.3) is 0 Å². The molecule has 2 aliphatic rings. The number of hydrogen-bond acceptors (Lipinski definition) is 4. The molecule has 1 heterocycles. The fourth-order valence-corrected chi connectivity index (χ4v) is 3.16. The maximum absolute atomic E-state index is 11.8. The largest absolute Gasteiger partial charge is 0.353 e. The molecule has 112 valence electrons. The predicted molar refractivity (Wildman–Crippen MR) is 81.0 cm³/mol. The number of anilines is 1. The van der Waals surface area contributed by atoms with Gasteiger partial charge in [-0.3, -0.25) is 14.5 Å². The van der Waals surface area contributed by atoms with Crippen LogP contribution in [0.1, 0.15) is 24.8 Å². The monoisotopic (exact) mass is 287 g/mol. The van der Waals surface area contributed by atoms with Gasteiger partial charge in [0, 0.05) is 24.7 Å². The van der Waals surface area contributed by atoms with Crippen molar-refractivity contribution in [1.82, 2.24) is 4.90 Å². The highest BCUT2D eigenvalue weighted by molar-refractivity contribution is 6.02. The van der Waals surface area contributed by atoms with Crippen LogP contribution in [-0.4, -0.2) is 43.4 Å². The number of hydrogen-bond donors (Lipinski definition) is 1. The summed E-state index contributed by atoms with van der Waals surface area (Å²) in [5.41, 5.74) is 8.22. The summed E-state index contributed by atoms with van der Waals surface area (Å²) in [4.78, 5) is 26.7. The van der Waals surface area contributed by atoms with Crippen LogP contribution in [0.25, 0.3) is 0 Å². The predicted octanol–water partition coefficient (Wildman–Crippen LogP) is 0.872. The summed E-state index contributed by atoms with van der Waals surface area (Å²) >= 11 is 0. The highest BCUT2D eigenvalue weighted by Gasteiger charge is 2.37. The zero-order valence-electron chi connectivity index (χ0n) is 12.3. The van der Waals surface area contributed by atoms with Gasteiger partial charge in [-0.2, -0.15) is 0 Å². The zero-order chi connectivity index (χ0) is 15.0. The molecule has 5 heteroatoms. The summed E-state index contributed by atoms with van der Waals surface area (Å²) in [6.45, 7) is 1.15. The summed E-state index contributed by atoms with van der Waals surface area (Å²) in [7, 11) is 1.54. The molecule has 5 nitrogen and oxygen atoms in total.